The first-order valence-corrected chi connectivity index (χ1v) is 12.6. The van der Waals surface area contributed by atoms with Gasteiger partial charge in [0, 0.05) is 43.4 Å². The second-order valence-corrected chi connectivity index (χ2v) is 10.1. The number of anilines is 1. The smallest absolute Gasteiger partial charge is 0.129 e. The van der Waals surface area contributed by atoms with Crippen molar-refractivity contribution < 1.29 is 5.11 Å². The Kier molecular flexibility index (Phi) is 5.41. The van der Waals surface area contributed by atoms with Crippen LogP contribution >= 0.6 is 0 Å². The third-order valence-corrected chi connectivity index (χ3v) is 7.95. The number of aliphatic hydroxyl groups is 1. The molecule has 6 heteroatoms. The molecule has 0 spiro atoms. The van der Waals surface area contributed by atoms with Gasteiger partial charge in [0.2, 0.25) is 0 Å². The number of piperidine rings is 1. The number of benzene rings is 1. The zero-order valence-corrected chi connectivity index (χ0v) is 19.5. The van der Waals surface area contributed by atoms with E-state index in [4.69, 9.17) is 15.0 Å². The Labute approximate surface area is 195 Å². The van der Waals surface area contributed by atoms with E-state index in [1.807, 2.05) is 12.5 Å². The van der Waals surface area contributed by atoms with Gasteiger partial charge in [-0.15, -0.1) is 0 Å². The van der Waals surface area contributed by atoms with E-state index in [9.17, 15) is 5.11 Å². The number of aromatic nitrogens is 3. The maximum Gasteiger partial charge on any atom is 0.129 e. The molecule has 1 aromatic carbocycles. The van der Waals surface area contributed by atoms with Crippen molar-refractivity contribution in [3.8, 4) is 11.1 Å². The summed E-state index contributed by atoms with van der Waals surface area (Å²) < 4.78 is 2.39. The van der Waals surface area contributed by atoms with E-state index < -0.39 is 0 Å². The van der Waals surface area contributed by atoms with Crippen LogP contribution in [0.1, 0.15) is 63.6 Å². The van der Waals surface area contributed by atoms with Gasteiger partial charge in [0.05, 0.1) is 28.7 Å². The normalized spacial score (nSPS) is 23.4. The molecule has 0 unspecified atom stereocenters. The lowest BCUT2D eigenvalue weighted by Crippen LogP contribution is -2.42. The van der Waals surface area contributed by atoms with Crippen molar-refractivity contribution in [2.45, 2.75) is 70.4 Å². The van der Waals surface area contributed by atoms with Crippen LogP contribution in [0.2, 0.25) is 0 Å². The number of aliphatic imine (C=N–C) groups is 1. The minimum atomic E-state index is 0.280. The van der Waals surface area contributed by atoms with Gasteiger partial charge in [-0.2, -0.15) is 0 Å². The molecule has 1 aliphatic carbocycles. The van der Waals surface area contributed by atoms with E-state index in [-0.39, 0.29) is 6.61 Å². The van der Waals surface area contributed by atoms with Crippen molar-refractivity contribution in [2.24, 2.45) is 10.9 Å². The average Bonchev–Trinajstić information content (AvgIpc) is 3.50. The molecular weight excluding hydrogens is 410 g/mol. The number of nitrogens with zero attached hydrogens (tertiary/aromatic N) is 5. The van der Waals surface area contributed by atoms with E-state index in [1.54, 1.807) is 0 Å². The molecule has 2 fully saturated rings. The minimum Gasteiger partial charge on any atom is -0.396 e. The summed E-state index contributed by atoms with van der Waals surface area (Å²) in [5, 5.41) is 9.60. The third kappa shape index (κ3) is 3.74. The van der Waals surface area contributed by atoms with E-state index >= 15 is 0 Å². The number of pyridine rings is 1. The molecule has 6 rings (SSSR count). The predicted molar refractivity (Wildman–Crippen MR) is 134 cm³/mol. The highest BCUT2D eigenvalue weighted by Crippen LogP contribution is 2.40. The number of aliphatic hydroxyl groups excluding tert-OH is 1. The van der Waals surface area contributed by atoms with Gasteiger partial charge < -0.3 is 14.6 Å². The van der Waals surface area contributed by atoms with Crippen molar-refractivity contribution in [1.82, 2.24) is 14.5 Å². The molecule has 0 radical (unpaired) electrons. The molecule has 0 amide bonds. The summed E-state index contributed by atoms with van der Waals surface area (Å²) in [7, 11) is 0. The summed E-state index contributed by atoms with van der Waals surface area (Å²) in [6.45, 7) is 3.46. The van der Waals surface area contributed by atoms with Crippen LogP contribution in [0.5, 0.6) is 0 Å². The van der Waals surface area contributed by atoms with E-state index in [0.29, 0.717) is 18.0 Å². The Morgan fingerprint density at radius 1 is 1.09 bits per heavy atom. The molecule has 1 saturated carbocycles. The van der Waals surface area contributed by atoms with Crippen molar-refractivity contribution in [3.63, 3.8) is 0 Å². The molecule has 1 saturated heterocycles. The summed E-state index contributed by atoms with van der Waals surface area (Å²) in [6.07, 6.45) is 13.3. The van der Waals surface area contributed by atoms with Gasteiger partial charge in [0.25, 0.3) is 0 Å². The lowest BCUT2D eigenvalue weighted by atomic mass is 9.92. The van der Waals surface area contributed by atoms with Gasteiger partial charge >= 0.3 is 0 Å². The fourth-order valence-electron chi connectivity index (χ4n) is 6.08. The maximum atomic E-state index is 9.60. The molecule has 2 aromatic heterocycles. The molecule has 2 atom stereocenters. The first kappa shape index (κ1) is 20.8. The van der Waals surface area contributed by atoms with Crippen LogP contribution in [0.3, 0.4) is 0 Å². The Morgan fingerprint density at radius 2 is 1.97 bits per heavy atom. The zero-order chi connectivity index (χ0) is 22.4. The second kappa shape index (κ2) is 8.56. The van der Waals surface area contributed by atoms with Crippen LogP contribution in [0.15, 0.2) is 35.6 Å². The van der Waals surface area contributed by atoms with Gasteiger partial charge in [-0.3, -0.25) is 4.99 Å². The molecule has 1 N–H and O–H groups in total. The topological polar surface area (TPSA) is 66.5 Å². The van der Waals surface area contributed by atoms with E-state index in [0.717, 1.165) is 59.7 Å². The molecule has 0 bridgehead atoms. The first-order chi connectivity index (χ1) is 16.2. The fourth-order valence-corrected chi connectivity index (χ4v) is 6.08. The van der Waals surface area contributed by atoms with E-state index in [1.165, 1.54) is 37.6 Å². The molecule has 4 heterocycles. The first-order valence-electron chi connectivity index (χ1n) is 12.6. The van der Waals surface area contributed by atoms with Crippen LogP contribution in [-0.4, -0.2) is 45.0 Å². The second-order valence-electron chi connectivity index (χ2n) is 10.1. The van der Waals surface area contributed by atoms with Gasteiger partial charge in [-0.05, 0) is 62.3 Å². The van der Waals surface area contributed by atoms with Crippen molar-refractivity contribution in [2.75, 3.05) is 18.1 Å². The summed E-state index contributed by atoms with van der Waals surface area (Å²) in [4.78, 5) is 16.9. The van der Waals surface area contributed by atoms with Crippen LogP contribution in [0.25, 0.3) is 22.2 Å². The molecule has 3 aromatic rings. The molecule has 172 valence electrons. The van der Waals surface area contributed by atoms with Gasteiger partial charge in [0.1, 0.15) is 5.82 Å². The number of hydrogen-bond donors (Lipinski definition) is 1. The van der Waals surface area contributed by atoms with Crippen LogP contribution in [0, 0.1) is 5.92 Å². The fraction of sp³-hybridized carbons (Fsp3) is 0.519. The lowest BCUT2D eigenvalue weighted by molar-refractivity contribution is 0.190. The Hall–Kier alpha value is -2.73. The van der Waals surface area contributed by atoms with Gasteiger partial charge in [0.15, 0.2) is 0 Å². The Balaban J connectivity index is 1.37. The van der Waals surface area contributed by atoms with E-state index in [2.05, 4.69) is 40.7 Å². The predicted octanol–water partition coefficient (Wildman–Crippen LogP) is 5.46. The molecule has 3 aliphatic rings. The van der Waals surface area contributed by atoms with Crippen LogP contribution in [0.4, 0.5) is 11.5 Å². The number of rotatable bonds is 4. The standard InChI is InChI=1S/C27H33N5O/c1-18-13-19(16-33)10-12-31(18)26-15-22(27-23(30-26)9-11-28-27)20-7-8-25-24(14-20)29-17-32(25)21-5-3-2-4-6-21/h7-8,11,14-15,17-19,21,33H,2-6,9-10,12-13,16H2,1H3/t18-,19-/m0/s1. The highest BCUT2D eigenvalue weighted by molar-refractivity contribution is 5.91. The SMILES string of the molecule is C[C@H]1C[C@@H](CO)CCN1c1cc(-c2ccc3c(c2)ncn3C2CCCCC2)c2c(n1)CC=N2. The van der Waals surface area contributed by atoms with Crippen molar-refractivity contribution in [3.05, 3.63) is 36.3 Å². The Bertz CT molecular complexity index is 1190. The molecule has 6 nitrogen and oxygen atoms in total. The van der Waals surface area contributed by atoms with Gasteiger partial charge in [-0.1, -0.05) is 25.3 Å². The molecule has 33 heavy (non-hydrogen) atoms. The summed E-state index contributed by atoms with van der Waals surface area (Å²) >= 11 is 0. The largest absolute Gasteiger partial charge is 0.396 e. The summed E-state index contributed by atoms with van der Waals surface area (Å²) in [6, 6.07) is 9.87. The minimum absolute atomic E-state index is 0.280. The van der Waals surface area contributed by atoms with Crippen LogP contribution in [-0.2, 0) is 6.42 Å². The number of imidazole rings is 1. The highest BCUT2D eigenvalue weighted by Gasteiger charge is 2.28. The summed E-state index contributed by atoms with van der Waals surface area (Å²) in [5.74, 6) is 1.43. The Morgan fingerprint density at radius 3 is 2.79 bits per heavy atom. The highest BCUT2D eigenvalue weighted by atomic mass is 16.3. The lowest BCUT2D eigenvalue weighted by Gasteiger charge is -2.38. The number of hydrogen-bond acceptors (Lipinski definition) is 5. The third-order valence-electron chi connectivity index (χ3n) is 7.95. The quantitative estimate of drug-likeness (QED) is 0.581. The number of fused-ring (bicyclic) bond motifs is 2. The summed E-state index contributed by atoms with van der Waals surface area (Å²) in [5.41, 5.74) is 6.67. The van der Waals surface area contributed by atoms with Crippen molar-refractivity contribution in [1.29, 1.82) is 0 Å². The monoisotopic (exact) mass is 443 g/mol. The average molecular weight is 444 g/mol. The van der Waals surface area contributed by atoms with Gasteiger partial charge in [-0.25, -0.2) is 9.97 Å². The molecule has 2 aliphatic heterocycles. The maximum absolute atomic E-state index is 9.60. The molecular formula is C27H33N5O. The van der Waals surface area contributed by atoms with Crippen molar-refractivity contribution >= 4 is 28.8 Å². The van der Waals surface area contributed by atoms with Crippen LogP contribution < -0.4 is 4.90 Å². The zero-order valence-electron chi connectivity index (χ0n) is 19.5.